The maximum absolute atomic E-state index is 9.75. The predicted molar refractivity (Wildman–Crippen MR) is 60.9 cm³/mol. The molecule has 0 aromatic carbocycles. The average Bonchev–Trinajstić information content (AvgIpc) is 2.47. The van der Waals surface area contributed by atoms with Crippen molar-refractivity contribution in [2.45, 2.75) is 65.0 Å². The normalized spacial score (nSPS) is 31.6. The number of ether oxygens (including phenoxy) is 3. The molecule has 0 fully saturated rings. The minimum atomic E-state index is -1.08. The number of aliphatic hydroxyl groups excluding tert-OH is 1. The monoisotopic (exact) mass is 230 g/mol. The van der Waals surface area contributed by atoms with Gasteiger partial charge in [-0.3, -0.25) is 0 Å². The molecule has 0 aromatic heterocycles. The zero-order valence-electron chi connectivity index (χ0n) is 10.6. The van der Waals surface area contributed by atoms with E-state index in [0.29, 0.717) is 0 Å². The first-order valence-corrected chi connectivity index (χ1v) is 5.74. The van der Waals surface area contributed by atoms with Gasteiger partial charge in [-0.1, -0.05) is 0 Å². The fourth-order valence-electron chi connectivity index (χ4n) is 1.59. The summed E-state index contributed by atoms with van der Waals surface area (Å²) in [5.74, 6) is -1.08. The van der Waals surface area contributed by atoms with Crippen LogP contribution in [0.15, 0.2) is 12.2 Å². The van der Waals surface area contributed by atoms with Crippen molar-refractivity contribution in [3.63, 3.8) is 0 Å². The Hall–Kier alpha value is -0.420. The van der Waals surface area contributed by atoms with Crippen LogP contribution in [0, 0.1) is 0 Å². The summed E-state index contributed by atoms with van der Waals surface area (Å²) in [7, 11) is 0. The van der Waals surface area contributed by atoms with Crippen molar-refractivity contribution in [1.29, 1.82) is 0 Å². The van der Waals surface area contributed by atoms with Gasteiger partial charge in [-0.25, -0.2) is 0 Å². The molecule has 3 atom stereocenters. The molecule has 0 radical (unpaired) electrons. The molecule has 94 valence electrons. The first-order chi connectivity index (χ1) is 7.35. The Kier molecular flexibility index (Phi) is 4.50. The second-order valence-corrected chi connectivity index (χ2v) is 4.59. The molecule has 16 heavy (non-hydrogen) atoms. The van der Waals surface area contributed by atoms with Crippen LogP contribution in [-0.2, 0) is 14.2 Å². The van der Waals surface area contributed by atoms with Crippen LogP contribution in [0.1, 0.15) is 34.6 Å². The van der Waals surface area contributed by atoms with E-state index in [-0.39, 0.29) is 12.2 Å². The third kappa shape index (κ3) is 3.28. The first kappa shape index (κ1) is 13.6. The van der Waals surface area contributed by atoms with Crippen LogP contribution in [0.4, 0.5) is 0 Å². The third-order valence-corrected chi connectivity index (χ3v) is 2.19. The fourth-order valence-corrected chi connectivity index (χ4v) is 1.59. The van der Waals surface area contributed by atoms with Gasteiger partial charge in [0.05, 0.1) is 12.2 Å². The van der Waals surface area contributed by atoms with Gasteiger partial charge in [-0.15, -0.1) is 0 Å². The first-order valence-electron chi connectivity index (χ1n) is 5.74. The van der Waals surface area contributed by atoms with Gasteiger partial charge < -0.3 is 19.3 Å². The van der Waals surface area contributed by atoms with Gasteiger partial charge >= 0.3 is 0 Å². The van der Waals surface area contributed by atoms with E-state index in [0.717, 1.165) is 0 Å². The van der Waals surface area contributed by atoms with Crippen molar-refractivity contribution in [3.8, 4) is 0 Å². The van der Waals surface area contributed by atoms with Crippen molar-refractivity contribution < 1.29 is 19.3 Å². The number of hydrogen-bond donors (Lipinski definition) is 1. The molecule has 0 amide bonds. The molecular formula is C12H22O4. The predicted octanol–water partition coefficient (Wildman–Crippen LogP) is 1.83. The van der Waals surface area contributed by atoms with Gasteiger partial charge in [-0.05, 0) is 46.8 Å². The summed E-state index contributed by atoms with van der Waals surface area (Å²) in [6, 6.07) is 0. The molecule has 0 bridgehead atoms. The molecule has 1 N–H and O–H groups in total. The molecule has 0 spiro atoms. The summed E-state index contributed by atoms with van der Waals surface area (Å²) >= 11 is 0. The van der Waals surface area contributed by atoms with E-state index in [4.69, 9.17) is 14.2 Å². The van der Waals surface area contributed by atoms with E-state index < -0.39 is 18.2 Å². The van der Waals surface area contributed by atoms with Gasteiger partial charge in [0.1, 0.15) is 6.10 Å². The third-order valence-electron chi connectivity index (χ3n) is 2.19. The van der Waals surface area contributed by atoms with Gasteiger partial charge in [-0.2, -0.15) is 0 Å². The summed E-state index contributed by atoms with van der Waals surface area (Å²) < 4.78 is 16.8. The van der Waals surface area contributed by atoms with Crippen molar-refractivity contribution >= 4 is 0 Å². The molecule has 3 unspecified atom stereocenters. The van der Waals surface area contributed by atoms with Crippen molar-refractivity contribution in [1.82, 2.24) is 0 Å². The minimum Gasteiger partial charge on any atom is -0.387 e. The second-order valence-electron chi connectivity index (χ2n) is 4.59. The van der Waals surface area contributed by atoms with Gasteiger partial charge in [0.15, 0.2) is 6.29 Å². The summed E-state index contributed by atoms with van der Waals surface area (Å²) in [6.07, 6.45) is 2.34. The van der Waals surface area contributed by atoms with Crippen LogP contribution in [0.5, 0.6) is 0 Å². The summed E-state index contributed by atoms with van der Waals surface area (Å²) in [6.45, 7) is 9.31. The highest BCUT2D eigenvalue weighted by Gasteiger charge is 2.42. The second kappa shape index (κ2) is 5.27. The lowest BCUT2D eigenvalue weighted by Crippen LogP contribution is -2.45. The van der Waals surface area contributed by atoms with Crippen LogP contribution in [0.25, 0.3) is 0 Å². The zero-order valence-corrected chi connectivity index (χ0v) is 10.6. The van der Waals surface area contributed by atoms with Crippen molar-refractivity contribution in [2.24, 2.45) is 0 Å². The Balaban J connectivity index is 2.66. The summed E-state index contributed by atoms with van der Waals surface area (Å²) in [4.78, 5) is 0. The maximum Gasteiger partial charge on any atom is 0.217 e. The highest BCUT2D eigenvalue weighted by molar-refractivity contribution is 5.07. The van der Waals surface area contributed by atoms with E-state index in [1.54, 1.807) is 19.1 Å². The molecule has 4 heteroatoms. The van der Waals surface area contributed by atoms with Crippen LogP contribution >= 0.6 is 0 Å². The molecule has 1 rings (SSSR count). The Labute approximate surface area is 97.2 Å². The lowest BCUT2D eigenvalue weighted by molar-refractivity contribution is -0.304. The van der Waals surface area contributed by atoms with E-state index in [1.165, 1.54) is 0 Å². The van der Waals surface area contributed by atoms with Crippen LogP contribution in [0.3, 0.4) is 0 Å². The topological polar surface area (TPSA) is 47.9 Å². The van der Waals surface area contributed by atoms with Crippen molar-refractivity contribution in [3.05, 3.63) is 12.2 Å². The standard InChI is InChI=1S/C12H22O4/c1-8(2)14-11-6-7-12(16-11,10(5)13)15-9(3)4/h6-11,13H,1-5H3. The fraction of sp³-hybridized carbons (Fsp3) is 0.833. The molecule has 0 saturated heterocycles. The lowest BCUT2D eigenvalue weighted by Gasteiger charge is -2.33. The van der Waals surface area contributed by atoms with Crippen molar-refractivity contribution in [2.75, 3.05) is 0 Å². The maximum atomic E-state index is 9.75. The molecule has 0 aromatic rings. The zero-order chi connectivity index (χ0) is 12.3. The van der Waals surface area contributed by atoms with E-state index in [1.807, 2.05) is 27.7 Å². The number of rotatable bonds is 5. The molecule has 1 aliphatic rings. The van der Waals surface area contributed by atoms with Gasteiger partial charge in [0.2, 0.25) is 5.79 Å². The Morgan fingerprint density at radius 3 is 2.25 bits per heavy atom. The minimum absolute atomic E-state index is 0.0305. The van der Waals surface area contributed by atoms with Crippen LogP contribution in [0.2, 0.25) is 0 Å². The average molecular weight is 230 g/mol. The highest BCUT2D eigenvalue weighted by atomic mass is 16.8. The van der Waals surface area contributed by atoms with E-state index in [9.17, 15) is 5.11 Å². The number of hydrogen-bond acceptors (Lipinski definition) is 4. The summed E-state index contributed by atoms with van der Waals surface area (Å²) in [5.41, 5.74) is 0. The Bertz CT molecular complexity index is 247. The molecule has 0 aliphatic carbocycles. The highest BCUT2D eigenvalue weighted by Crippen LogP contribution is 2.30. The molecule has 1 aliphatic heterocycles. The quantitative estimate of drug-likeness (QED) is 0.732. The van der Waals surface area contributed by atoms with E-state index in [2.05, 4.69) is 0 Å². The van der Waals surface area contributed by atoms with Crippen LogP contribution in [-0.4, -0.2) is 35.5 Å². The molecule has 0 saturated carbocycles. The molecule has 4 nitrogen and oxygen atoms in total. The van der Waals surface area contributed by atoms with E-state index >= 15 is 0 Å². The number of aliphatic hydroxyl groups is 1. The smallest absolute Gasteiger partial charge is 0.217 e. The SMILES string of the molecule is CC(C)OC1C=CC(OC(C)C)(C(C)O)O1. The lowest BCUT2D eigenvalue weighted by atomic mass is 10.1. The summed E-state index contributed by atoms with van der Waals surface area (Å²) in [5, 5.41) is 9.75. The van der Waals surface area contributed by atoms with Gasteiger partial charge in [0, 0.05) is 0 Å². The molecular weight excluding hydrogens is 208 g/mol. The largest absolute Gasteiger partial charge is 0.387 e. The Morgan fingerprint density at radius 1 is 1.19 bits per heavy atom. The van der Waals surface area contributed by atoms with Gasteiger partial charge in [0.25, 0.3) is 0 Å². The Morgan fingerprint density at radius 2 is 1.81 bits per heavy atom. The van der Waals surface area contributed by atoms with Crippen LogP contribution < -0.4 is 0 Å². The molecule has 1 heterocycles.